The Kier molecular flexibility index (Phi) is 4.14. The largest absolute Gasteiger partial charge is 0.396 e. The lowest BCUT2D eigenvalue weighted by Crippen LogP contribution is -2.29. The van der Waals surface area contributed by atoms with Crippen LogP contribution >= 0.6 is 11.6 Å². The lowest BCUT2D eigenvalue weighted by atomic mass is 9.97. The molecule has 1 heterocycles. The van der Waals surface area contributed by atoms with E-state index in [1.165, 1.54) is 5.56 Å². The maximum absolute atomic E-state index is 12.3. The predicted octanol–water partition coefficient (Wildman–Crippen LogP) is 4.47. The molecule has 0 saturated heterocycles. The lowest BCUT2D eigenvalue weighted by Gasteiger charge is -2.26. The molecule has 3 nitrogen and oxygen atoms in total. The highest BCUT2D eigenvalue weighted by atomic mass is 35.5. The van der Waals surface area contributed by atoms with Crippen molar-refractivity contribution in [2.75, 3.05) is 11.5 Å². The van der Waals surface area contributed by atoms with E-state index in [2.05, 4.69) is 24.3 Å². The summed E-state index contributed by atoms with van der Waals surface area (Å²) >= 11 is 6.13. The molecule has 4 heteroatoms. The number of fused-ring (bicyclic) bond motifs is 2. The maximum Gasteiger partial charge on any atom is 0.224 e. The topological polar surface area (TPSA) is 40.5 Å². The number of anilines is 1. The van der Waals surface area contributed by atoms with E-state index in [1.807, 2.05) is 24.3 Å². The van der Waals surface area contributed by atoms with Crippen LogP contribution in [0.15, 0.2) is 36.4 Å². The molecule has 0 spiro atoms. The zero-order valence-electron chi connectivity index (χ0n) is 14.1. The SMILES string of the molecule is CC(=O)N1Cc2cc([C@H]3C[C@@H]3CO)ccc2/C=C\c2cc(Cl)ccc21. The van der Waals surface area contributed by atoms with Gasteiger partial charge in [-0.05, 0) is 58.7 Å². The van der Waals surface area contributed by atoms with Gasteiger partial charge < -0.3 is 10.0 Å². The minimum Gasteiger partial charge on any atom is -0.396 e. The van der Waals surface area contributed by atoms with Crippen LogP contribution in [0.4, 0.5) is 5.69 Å². The number of halogens is 1. The Balaban J connectivity index is 1.78. The average molecular weight is 354 g/mol. The maximum atomic E-state index is 12.3. The molecule has 2 aromatic carbocycles. The van der Waals surface area contributed by atoms with Gasteiger partial charge in [0.05, 0.1) is 12.2 Å². The van der Waals surface area contributed by atoms with E-state index in [4.69, 9.17) is 11.6 Å². The average Bonchev–Trinajstić information content (AvgIpc) is 3.36. The van der Waals surface area contributed by atoms with Crippen molar-refractivity contribution in [3.8, 4) is 0 Å². The van der Waals surface area contributed by atoms with Gasteiger partial charge in [0.15, 0.2) is 0 Å². The van der Waals surface area contributed by atoms with Gasteiger partial charge in [-0.3, -0.25) is 4.79 Å². The van der Waals surface area contributed by atoms with Gasteiger partial charge in [0.2, 0.25) is 5.91 Å². The lowest BCUT2D eigenvalue weighted by molar-refractivity contribution is -0.116. The number of carbonyl (C=O) groups excluding carboxylic acids is 1. The summed E-state index contributed by atoms with van der Waals surface area (Å²) in [4.78, 5) is 14.1. The third-order valence-corrected chi connectivity index (χ3v) is 5.42. The summed E-state index contributed by atoms with van der Waals surface area (Å²) in [5.41, 5.74) is 5.32. The fourth-order valence-corrected chi connectivity index (χ4v) is 3.81. The fraction of sp³-hybridized carbons (Fsp3) is 0.286. The number of hydrogen-bond acceptors (Lipinski definition) is 2. The molecule has 0 unspecified atom stereocenters. The van der Waals surface area contributed by atoms with Crippen molar-refractivity contribution in [3.05, 3.63) is 63.7 Å². The number of aliphatic hydroxyl groups excluding tert-OH is 1. The zero-order chi connectivity index (χ0) is 17.6. The van der Waals surface area contributed by atoms with E-state index in [0.717, 1.165) is 28.8 Å². The van der Waals surface area contributed by atoms with Crippen LogP contribution in [0.25, 0.3) is 12.2 Å². The van der Waals surface area contributed by atoms with Crippen molar-refractivity contribution in [2.45, 2.75) is 25.8 Å². The van der Waals surface area contributed by atoms with Gasteiger partial charge in [-0.1, -0.05) is 42.0 Å². The quantitative estimate of drug-likeness (QED) is 0.865. The number of nitrogens with zero attached hydrogens (tertiary/aromatic N) is 1. The van der Waals surface area contributed by atoms with E-state index in [-0.39, 0.29) is 12.5 Å². The molecule has 2 aromatic rings. The predicted molar refractivity (Wildman–Crippen MR) is 102 cm³/mol. The highest BCUT2D eigenvalue weighted by Crippen LogP contribution is 2.47. The molecule has 2 aliphatic rings. The van der Waals surface area contributed by atoms with Crippen molar-refractivity contribution in [1.82, 2.24) is 0 Å². The van der Waals surface area contributed by atoms with Gasteiger partial charge in [0.1, 0.15) is 0 Å². The number of amides is 1. The molecule has 0 aromatic heterocycles. The second-order valence-electron chi connectivity index (χ2n) is 6.88. The molecule has 1 N–H and O–H groups in total. The van der Waals surface area contributed by atoms with Crippen molar-refractivity contribution < 1.29 is 9.90 Å². The third kappa shape index (κ3) is 3.10. The summed E-state index contributed by atoms with van der Waals surface area (Å²) in [6.45, 7) is 2.37. The molecule has 25 heavy (non-hydrogen) atoms. The normalized spacial score (nSPS) is 22.4. The van der Waals surface area contributed by atoms with Crippen LogP contribution in [-0.2, 0) is 11.3 Å². The summed E-state index contributed by atoms with van der Waals surface area (Å²) in [6.07, 6.45) is 5.15. The van der Waals surface area contributed by atoms with Crippen molar-refractivity contribution >= 4 is 35.3 Å². The summed E-state index contributed by atoms with van der Waals surface area (Å²) in [5, 5.41) is 9.99. The molecule has 2 atom stereocenters. The Bertz CT molecular complexity index is 874. The zero-order valence-corrected chi connectivity index (χ0v) is 14.8. The smallest absolute Gasteiger partial charge is 0.224 e. The summed E-state index contributed by atoms with van der Waals surface area (Å²) in [5.74, 6) is 0.838. The van der Waals surface area contributed by atoms with Crippen LogP contribution in [0.3, 0.4) is 0 Å². The molecular formula is C21H20ClNO2. The van der Waals surface area contributed by atoms with E-state index < -0.39 is 0 Å². The van der Waals surface area contributed by atoms with Crippen LogP contribution in [0.2, 0.25) is 5.02 Å². The molecule has 0 radical (unpaired) electrons. The van der Waals surface area contributed by atoms with Crippen LogP contribution < -0.4 is 4.90 Å². The van der Waals surface area contributed by atoms with Gasteiger partial charge in [-0.2, -0.15) is 0 Å². The second kappa shape index (κ2) is 6.32. The highest BCUT2D eigenvalue weighted by Gasteiger charge is 2.37. The highest BCUT2D eigenvalue weighted by molar-refractivity contribution is 6.30. The Morgan fingerprint density at radius 1 is 1.20 bits per heavy atom. The minimum absolute atomic E-state index is 0.00915. The van der Waals surface area contributed by atoms with Crippen molar-refractivity contribution in [2.24, 2.45) is 5.92 Å². The Hall–Kier alpha value is -2.10. The van der Waals surface area contributed by atoms with Crippen LogP contribution in [0.1, 0.15) is 41.5 Å². The molecule has 1 fully saturated rings. The van der Waals surface area contributed by atoms with Gasteiger partial charge in [0, 0.05) is 18.6 Å². The van der Waals surface area contributed by atoms with E-state index in [1.54, 1.807) is 11.8 Å². The third-order valence-electron chi connectivity index (χ3n) is 5.18. The first kappa shape index (κ1) is 16.4. The van der Waals surface area contributed by atoms with Gasteiger partial charge in [-0.15, -0.1) is 0 Å². The minimum atomic E-state index is 0.00915. The number of carbonyl (C=O) groups is 1. The first-order chi connectivity index (χ1) is 12.1. The summed E-state index contributed by atoms with van der Waals surface area (Å²) in [6, 6.07) is 12.1. The van der Waals surface area contributed by atoms with E-state index >= 15 is 0 Å². The Labute approximate surface area is 152 Å². The molecule has 1 amide bonds. The molecule has 0 bridgehead atoms. The first-order valence-electron chi connectivity index (χ1n) is 8.56. The molecule has 4 rings (SSSR count). The number of hydrogen-bond donors (Lipinski definition) is 1. The Morgan fingerprint density at radius 2 is 2.00 bits per heavy atom. The van der Waals surface area contributed by atoms with Crippen LogP contribution in [0.5, 0.6) is 0 Å². The first-order valence-corrected chi connectivity index (χ1v) is 8.94. The molecule has 1 saturated carbocycles. The van der Waals surface area contributed by atoms with E-state index in [0.29, 0.717) is 23.4 Å². The number of aliphatic hydroxyl groups is 1. The van der Waals surface area contributed by atoms with Crippen LogP contribution in [0, 0.1) is 5.92 Å². The molecule has 128 valence electrons. The van der Waals surface area contributed by atoms with Crippen molar-refractivity contribution in [3.63, 3.8) is 0 Å². The standard InChI is InChI=1S/C21H20ClNO2/c1-13(25)23-11-17-8-15(20-10-18(20)12-24)4-2-14(17)3-5-16-9-19(22)6-7-21(16)23/h2-9,18,20,24H,10-12H2,1H3/b5-3-/t18-,20-/m1/s1. The van der Waals surface area contributed by atoms with E-state index in [9.17, 15) is 9.90 Å². The van der Waals surface area contributed by atoms with Gasteiger partial charge in [-0.25, -0.2) is 0 Å². The van der Waals surface area contributed by atoms with Crippen LogP contribution in [-0.4, -0.2) is 17.6 Å². The van der Waals surface area contributed by atoms with Gasteiger partial charge in [0.25, 0.3) is 0 Å². The molecule has 1 aliphatic heterocycles. The number of rotatable bonds is 2. The number of benzene rings is 2. The second-order valence-corrected chi connectivity index (χ2v) is 7.32. The van der Waals surface area contributed by atoms with Crippen molar-refractivity contribution in [1.29, 1.82) is 0 Å². The molecular weight excluding hydrogens is 334 g/mol. The molecule has 1 aliphatic carbocycles. The Morgan fingerprint density at radius 3 is 2.72 bits per heavy atom. The summed E-state index contributed by atoms with van der Waals surface area (Å²) in [7, 11) is 0. The summed E-state index contributed by atoms with van der Waals surface area (Å²) < 4.78 is 0. The monoisotopic (exact) mass is 353 g/mol. The fourth-order valence-electron chi connectivity index (χ4n) is 3.63. The van der Waals surface area contributed by atoms with Gasteiger partial charge >= 0.3 is 0 Å².